The highest BCUT2D eigenvalue weighted by Crippen LogP contribution is 2.17. The minimum Gasteiger partial charge on any atom is -0.409 e. The van der Waals surface area contributed by atoms with Gasteiger partial charge in [-0.2, -0.15) is 0 Å². The fourth-order valence-electron chi connectivity index (χ4n) is 1.67. The minimum atomic E-state index is 0.0852. The van der Waals surface area contributed by atoms with Crippen LogP contribution in [0, 0.1) is 0 Å². The van der Waals surface area contributed by atoms with E-state index in [0.717, 1.165) is 12.0 Å². The molecule has 4 heteroatoms. The Kier molecular flexibility index (Phi) is 5.49. The van der Waals surface area contributed by atoms with Crippen LogP contribution < -0.4 is 11.1 Å². The van der Waals surface area contributed by atoms with E-state index in [2.05, 4.69) is 24.3 Å². The van der Waals surface area contributed by atoms with Crippen molar-refractivity contribution in [2.45, 2.75) is 38.8 Å². The summed E-state index contributed by atoms with van der Waals surface area (Å²) in [5.74, 6) is 0.245. The fourth-order valence-corrected chi connectivity index (χ4v) is 1.67. The maximum Gasteiger partial charge on any atom is 0.141 e. The molecule has 94 valence electrons. The Morgan fingerprint density at radius 2 is 2.06 bits per heavy atom. The van der Waals surface area contributed by atoms with E-state index in [0.29, 0.717) is 12.5 Å². The summed E-state index contributed by atoms with van der Waals surface area (Å²) in [5.41, 5.74) is 6.74. The predicted octanol–water partition coefficient (Wildman–Crippen LogP) is 2.25. The number of nitrogens with one attached hydrogen (secondary N) is 1. The van der Waals surface area contributed by atoms with E-state index in [1.54, 1.807) is 0 Å². The normalized spacial score (nSPS) is 15.5. The Morgan fingerprint density at radius 3 is 2.59 bits per heavy atom. The van der Waals surface area contributed by atoms with Gasteiger partial charge in [-0.15, -0.1) is 0 Å². The van der Waals surface area contributed by atoms with E-state index in [9.17, 15) is 0 Å². The molecule has 0 aromatic heterocycles. The molecule has 1 aromatic rings. The predicted molar refractivity (Wildman–Crippen MR) is 70.1 cm³/mol. The van der Waals surface area contributed by atoms with E-state index >= 15 is 0 Å². The average molecular weight is 235 g/mol. The van der Waals surface area contributed by atoms with Crippen molar-refractivity contribution in [1.29, 1.82) is 0 Å². The molecule has 0 saturated heterocycles. The molecule has 0 saturated carbocycles. The molecule has 0 aliphatic carbocycles. The zero-order valence-corrected chi connectivity index (χ0v) is 10.4. The van der Waals surface area contributed by atoms with Gasteiger partial charge >= 0.3 is 0 Å². The maximum absolute atomic E-state index is 8.66. The van der Waals surface area contributed by atoms with Gasteiger partial charge in [-0.1, -0.05) is 42.4 Å². The van der Waals surface area contributed by atoms with Gasteiger partial charge in [-0.25, -0.2) is 0 Å². The van der Waals surface area contributed by atoms with E-state index in [1.165, 1.54) is 0 Å². The molecule has 0 amide bonds. The Morgan fingerprint density at radius 1 is 1.41 bits per heavy atom. The smallest absolute Gasteiger partial charge is 0.141 e. The molecule has 0 aliphatic rings. The number of amidine groups is 1. The summed E-state index contributed by atoms with van der Waals surface area (Å²) in [7, 11) is 0. The van der Waals surface area contributed by atoms with Crippen LogP contribution in [0.4, 0.5) is 0 Å². The molecule has 0 heterocycles. The first-order chi connectivity index (χ1) is 8.17. The van der Waals surface area contributed by atoms with Crippen molar-refractivity contribution in [3.8, 4) is 0 Å². The van der Waals surface area contributed by atoms with Crippen LogP contribution in [0.3, 0.4) is 0 Å². The van der Waals surface area contributed by atoms with Crippen molar-refractivity contribution in [2.24, 2.45) is 10.9 Å². The lowest BCUT2D eigenvalue weighted by atomic mass is 10.0. The van der Waals surface area contributed by atoms with Crippen LogP contribution in [0.1, 0.15) is 38.3 Å². The lowest BCUT2D eigenvalue weighted by Crippen LogP contribution is -2.33. The third-order valence-electron chi connectivity index (χ3n) is 2.84. The molecular formula is C13H21N3O. The second-order valence-electron chi connectivity index (χ2n) is 4.23. The van der Waals surface area contributed by atoms with Crippen molar-refractivity contribution in [3.05, 3.63) is 35.9 Å². The Bertz CT molecular complexity index is 351. The largest absolute Gasteiger partial charge is 0.409 e. The van der Waals surface area contributed by atoms with Gasteiger partial charge in [0.05, 0.1) is 0 Å². The molecule has 4 nitrogen and oxygen atoms in total. The topological polar surface area (TPSA) is 70.6 Å². The molecule has 0 radical (unpaired) electrons. The fraction of sp³-hybridized carbons (Fsp3) is 0.462. The van der Waals surface area contributed by atoms with E-state index in [4.69, 9.17) is 10.9 Å². The summed E-state index contributed by atoms with van der Waals surface area (Å²) in [6, 6.07) is 10.5. The summed E-state index contributed by atoms with van der Waals surface area (Å²) in [4.78, 5) is 0. The summed E-state index contributed by atoms with van der Waals surface area (Å²) in [6.07, 6.45) is 1.55. The molecule has 2 unspecified atom stereocenters. The van der Waals surface area contributed by atoms with Gasteiger partial charge < -0.3 is 16.3 Å². The molecule has 1 aromatic carbocycles. The first kappa shape index (κ1) is 13.5. The average Bonchev–Trinajstić information content (AvgIpc) is 2.38. The lowest BCUT2D eigenvalue weighted by Gasteiger charge is -2.22. The number of oxime groups is 1. The summed E-state index contributed by atoms with van der Waals surface area (Å²) in [5, 5.41) is 15.2. The van der Waals surface area contributed by atoms with Gasteiger partial charge in [0.2, 0.25) is 0 Å². The van der Waals surface area contributed by atoms with Crippen LogP contribution in [0.2, 0.25) is 0 Å². The number of rotatable bonds is 6. The second-order valence-corrected chi connectivity index (χ2v) is 4.23. The highest BCUT2D eigenvalue weighted by atomic mass is 16.4. The first-order valence-electron chi connectivity index (χ1n) is 5.94. The van der Waals surface area contributed by atoms with Crippen LogP contribution in [-0.4, -0.2) is 17.1 Å². The van der Waals surface area contributed by atoms with Crippen molar-refractivity contribution in [2.75, 3.05) is 0 Å². The summed E-state index contributed by atoms with van der Waals surface area (Å²) in [6.45, 7) is 4.26. The van der Waals surface area contributed by atoms with Crippen molar-refractivity contribution in [3.63, 3.8) is 0 Å². The molecule has 0 aliphatic heterocycles. The van der Waals surface area contributed by atoms with Crippen LogP contribution in [0.15, 0.2) is 35.5 Å². The monoisotopic (exact) mass is 235 g/mol. The van der Waals surface area contributed by atoms with Gasteiger partial charge in [0.25, 0.3) is 0 Å². The van der Waals surface area contributed by atoms with E-state index < -0.39 is 0 Å². The molecule has 0 fully saturated rings. The highest BCUT2D eigenvalue weighted by Gasteiger charge is 2.15. The molecule has 0 bridgehead atoms. The minimum absolute atomic E-state index is 0.0852. The number of hydrogen-bond donors (Lipinski definition) is 3. The lowest BCUT2D eigenvalue weighted by molar-refractivity contribution is 0.315. The molecule has 0 spiro atoms. The van der Waals surface area contributed by atoms with Crippen LogP contribution >= 0.6 is 0 Å². The maximum atomic E-state index is 8.66. The van der Waals surface area contributed by atoms with Gasteiger partial charge in [0, 0.05) is 18.5 Å². The Labute approximate surface area is 103 Å². The van der Waals surface area contributed by atoms with Crippen molar-refractivity contribution in [1.82, 2.24) is 5.32 Å². The van der Waals surface area contributed by atoms with Crippen molar-refractivity contribution >= 4 is 5.84 Å². The van der Waals surface area contributed by atoms with Gasteiger partial charge in [0.15, 0.2) is 0 Å². The third-order valence-corrected chi connectivity index (χ3v) is 2.84. The third kappa shape index (κ3) is 4.44. The molecule has 4 N–H and O–H groups in total. The Balaban J connectivity index is 2.79. The number of benzene rings is 1. The Hall–Kier alpha value is -1.55. The van der Waals surface area contributed by atoms with Crippen LogP contribution in [0.25, 0.3) is 0 Å². The summed E-state index contributed by atoms with van der Waals surface area (Å²) < 4.78 is 0. The molecule has 2 atom stereocenters. The SMILES string of the molecule is CCC(C)NC(C/C(N)=N/O)c1ccccc1. The molecule has 1 rings (SSSR count). The number of nitrogens with zero attached hydrogens (tertiary/aromatic N) is 1. The zero-order chi connectivity index (χ0) is 12.7. The quantitative estimate of drug-likeness (QED) is 0.306. The first-order valence-corrected chi connectivity index (χ1v) is 5.94. The number of hydrogen-bond acceptors (Lipinski definition) is 3. The van der Waals surface area contributed by atoms with Gasteiger partial charge in [-0.3, -0.25) is 0 Å². The zero-order valence-electron chi connectivity index (χ0n) is 10.4. The molecular weight excluding hydrogens is 214 g/mol. The van der Waals surface area contributed by atoms with Gasteiger partial charge in [-0.05, 0) is 18.9 Å². The van der Waals surface area contributed by atoms with E-state index in [1.807, 2.05) is 30.3 Å². The van der Waals surface area contributed by atoms with Gasteiger partial charge in [0.1, 0.15) is 5.84 Å². The van der Waals surface area contributed by atoms with Crippen molar-refractivity contribution < 1.29 is 5.21 Å². The number of nitrogens with two attached hydrogens (primary N) is 1. The molecule has 17 heavy (non-hydrogen) atoms. The van der Waals surface area contributed by atoms with Crippen LogP contribution in [-0.2, 0) is 0 Å². The standard InChI is InChI=1S/C13H21N3O/c1-3-10(2)15-12(9-13(14)16-17)11-7-5-4-6-8-11/h4-8,10,12,15,17H,3,9H2,1-2H3,(H2,14,16). The second kappa shape index (κ2) is 6.91. The highest BCUT2D eigenvalue weighted by molar-refractivity contribution is 5.80. The van der Waals surface area contributed by atoms with Crippen LogP contribution in [0.5, 0.6) is 0 Å². The summed E-state index contributed by atoms with van der Waals surface area (Å²) >= 11 is 0. The van der Waals surface area contributed by atoms with E-state index in [-0.39, 0.29) is 11.9 Å².